The minimum Gasteiger partial charge on any atom is -0.443 e. The molecule has 1 N–H and O–H groups in total. The molecule has 1 aliphatic heterocycles. The first-order chi connectivity index (χ1) is 14.5. The molecule has 1 fully saturated rings. The molecule has 3 heterocycles. The first-order valence-electron chi connectivity index (χ1n) is 10.7. The van der Waals surface area contributed by atoms with Crippen LogP contribution in [0.3, 0.4) is 0 Å². The maximum Gasteiger partial charge on any atom is 0.410 e. The Morgan fingerprint density at radius 2 is 1.94 bits per heavy atom. The van der Waals surface area contributed by atoms with Gasteiger partial charge in [0.25, 0.3) is 0 Å². The van der Waals surface area contributed by atoms with Crippen molar-refractivity contribution < 1.29 is 14.6 Å². The van der Waals surface area contributed by atoms with Gasteiger partial charge in [0.15, 0.2) is 5.65 Å². The van der Waals surface area contributed by atoms with Crippen molar-refractivity contribution in [2.75, 3.05) is 6.54 Å². The quantitative estimate of drug-likeness (QED) is 0.654. The van der Waals surface area contributed by atoms with E-state index in [9.17, 15) is 9.90 Å². The van der Waals surface area contributed by atoms with E-state index >= 15 is 0 Å². The number of imidazole rings is 1. The molecule has 7 nitrogen and oxygen atoms in total. The van der Waals surface area contributed by atoms with Crippen LogP contribution in [0.4, 0.5) is 4.79 Å². The molecule has 0 aliphatic carbocycles. The predicted molar refractivity (Wildman–Crippen MR) is 119 cm³/mol. The Kier molecular flexibility index (Phi) is 5.25. The van der Waals surface area contributed by atoms with E-state index in [0.717, 1.165) is 28.2 Å². The number of amides is 1. The van der Waals surface area contributed by atoms with Crippen molar-refractivity contribution in [3.63, 3.8) is 0 Å². The fourth-order valence-corrected chi connectivity index (χ4v) is 4.43. The molecule has 31 heavy (non-hydrogen) atoms. The molecule has 0 bridgehead atoms. The van der Waals surface area contributed by atoms with Crippen LogP contribution in [0.1, 0.15) is 57.8 Å². The summed E-state index contributed by atoms with van der Waals surface area (Å²) in [7, 11) is 0. The number of hydrogen-bond acceptors (Lipinski definition) is 5. The highest BCUT2D eigenvalue weighted by atomic mass is 16.6. The number of ether oxygens (including phenoxy) is 1. The van der Waals surface area contributed by atoms with E-state index in [1.807, 2.05) is 63.4 Å². The summed E-state index contributed by atoms with van der Waals surface area (Å²) in [5.74, 6) is 0. The molecular formula is C24H30N4O3. The van der Waals surface area contributed by atoms with Gasteiger partial charge in [-0.2, -0.15) is 5.10 Å². The number of hydrogen-bond donors (Lipinski definition) is 1. The van der Waals surface area contributed by atoms with Crippen molar-refractivity contribution in [3.8, 4) is 11.3 Å². The molecule has 0 radical (unpaired) electrons. The summed E-state index contributed by atoms with van der Waals surface area (Å²) < 4.78 is 7.54. The number of aliphatic hydroxyl groups is 1. The monoisotopic (exact) mass is 422 g/mol. The average molecular weight is 423 g/mol. The molecule has 3 aromatic rings. The Labute approximate surface area is 182 Å². The van der Waals surface area contributed by atoms with Gasteiger partial charge in [-0.05, 0) is 52.3 Å². The van der Waals surface area contributed by atoms with Gasteiger partial charge in [-0.1, -0.05) is 24.3 Å². The fourth-order valence-electron chi connectivity index (χ4n) is 4.43. The molecule has 7 heteroatoms. The van der Waals surface area contributed by atoms with Gasteiger partial charge >= 0.3 is 6.09 Å². The van der Waals surface area contributed by atoms with Gasteiger partial charge in [-0.25, -0.2) is 14.3 Å². The summed E-state index contributed by atoms with van der Waals surface area (Å²) in [6.45, 7) is 9.92. The molecule has 0 saturated carbocycles. The number of aromatic nitrogens is 3. The normalized spacial score (nSPS) is 20.7. The van der Waals surface area contributed by atoms with Gasteiger partial charge in [0.1, 0.15) is 5.60 Å². The number of rotatable bonds is 5. The molecule has 4 rings (SSSR count). The molecule has 164 valence electrons. The highest BCUT2D eigenvalue weighted by molar-refractivity contribution is 5.70. The third kappa shape index (κ3) is 4.56. The zero-order valence-corrected chi connectivity index (χ0v) is 18.8. The van der Waals surface area contributed by atoms with Gasteiger partial charge in [-0.3, -0.25) is 0 Å². The van der Waals surface area contributed by atoms with Crippen LogP contribution in [0.15, 0.2) is 42.6 Å². The lowest BCUT2D eigenvalue weighted by Gasteiger charge is -2.43. The van der Waals surface area contributed by atoms with Crippen LogP contribution in [-0.2, 0) is 4.74 Å². The van der Waals surface area contributed by atoms with Crippen molar-refractivity contribution in [1.82, 2.24) is 19.5 Å². The number of cyclic esters (lactones) is 1. The molecule has 2 atom stereocenters. The lowest BCUT2D eigenvalue weighted by molar-refractivity contribution is -0.0859. The van der Waals surface area contributed by atoms with Crippen molar-refractivity contribution in [2.24, 2.45) is 0 Å². The van der Waals surface area contributed by atoms with Crippen molar-refractivity contribution in [2.45, 2.75) is 64.7 Å². The summed E-state index contributed by atoms with van der Waals surface area (Å²) in [6, 6.07) is 11.9. The van der Waals surface area contributed by atoms with E-state index in [1.165, 1.54) is 0 Å². The Balaban J connectivity index is 1.48. The Hall–Kier alpha value is -2.93. The maximum atomic E-state index is 12.7. The second-order valence-electron chi connectivity index (χ2n) is 9.45. The SMILES string of the molecule is Cc1cn2nc(-c3ccc(C(C)N4CCC(C)(CC(C)(C)O)OC4=O)cc3)ccc2n1. The summed E-state index contributed by atoms with van der Waals surface area (Å²) in [6.07, 6.45) is 2.66. The van der Waals surface area contributed by atoms with Crippen LogP contribution in [0.2, 0.25) is 0 Å². The first kappa shape index (κ1) is 21.3. The standard InChI is InChI=1S/C24H30N4O3/c1-16-14-28-21(25-16)11-10-20(26-28)19-8-6-18(7-9-19)17(2)27-13-12-24(5,31-22(27)29)15-23(3,4)30/h6-11,14,17,30H,12-13,15H2,1-5H3. The minimum atomic E-state index is -0.884. The van der Waals surface area contributed by atoms with E-state index in [2.05, 4.69) is 10.1 Å². The third-order valence-corrected chi connectivity index (χ3v) is 5.85. The largest absolute Gasteiger partial charge is 0.443 e. The highest BCUT2D eigenvalue weighted by Gasteiger charge is 2.41. The Morgan fingerprint density at radius 3 is 2.58 bits per heavy atom. The lowest BCUT2D eigenvalue weighted by atomic mass is 9.87. The molecule has 1 aliphatic rings. The van der Waals surface area contributed by atoms with Crippen LogP contribution in [-0.4, -0.2) is 48.4 Å². The molecule has 0 spiro atoms. The number of nitrogens with zero attached hydrogens (tertiary/aromatic N) is 4. The van der Waals surface area contributed by atoms with E-state index < -0.39 is 11.2 Å². The number of fused-ring (bicyclic) bond motifs is 1. The smallest absolute Gasteiger partial charge is 0.410 e. The van der Waals surface area contributed by atoms with Gasteiger partial charge in [0.2, 0.25) is 0 Å². The molecule has 2 unspecified atom stereocenters. The maximum absolute atomic E-state index is 12.7. The van der Waals surface area contributed by atoms with Crippen LogP contribution in [0.5, 0.6) is 0 Å². The number of benzene rings is 1. The predicted octanol–water partition coefficient (Wildman–Crippen LogP) is 4.53. The molecular weight excluding hydrogens is 392 g/mol. The van der Waals surface area contributed by atoms with Crippen molar-refractivity contribution in [1.29, 1.82) is 0 Å². The zero-order valence-electron chi connectivity index (χ0n) is 18.8. The molecule has 2 aromatic heterocycles. The van der Waals surface area contributed by atoms with Crippen molar-refractivity contribution >= 4 is 11.7 Å². The summed E-state index contributed by atoms with van der Waals surface area (Å²) in [5, 5.41) is 14.8. The van der Waals surface area contributed by atoms with E-state index in [4.69, 9.17) is 4.74 Å². The summed E-state index contributed by atoms with van der Waals surface area (Å²) in [4.78, 5) is 18.9. The van der Waals surface area contributed by atoms with Crippen LogP contribution >= 0.6 is 0 Å². The van der Waals surface area contributed by atoms with Crippen LogP contribution < -0.4 is 0 Å². The minimum absolute atomic E-state index is 0.111. The number of carbonyl (C=O) groups excluding carboxylic acids is 1. The fraction of sp³-hybridized carbons (Fsp3) is 0.458. The van der Waals surface area contributed by atoms with E-state index in [0.29, 0.717) is 19.4 Å². The number of aryl methyl sites for hydroxylation is 1. The highest BCUT2D eigenvalue weighted by Crippen LogP contribution is 2.35. The van der Waals surface area contributed by atoms with Gasteiger partial charge in [-0.15, -0.1) is 0 Å². The van der Waals surface area contributed by atoms with Crippen LogP contribution in [0, 0.1) is 6.92 Å². The summed E-state index contributed by atoms with van der Waals surface area (Å²) in [5.41, 5.74) is 3.13. The van der Waals surface area contributed by atoms with Crippen molar-refractivity contribution in [3.05, 3.63) is 53.9 Å². The van der Waals surface area contributed by atoms with Gasteiger partial charge < -0.3 is 14.7 Å². The van der Waals surface area contributed by atoms with E-state index in [-0.39, 0.29) is 12.1 Å². The Bertz CT molecular complexity index is 1100. The second-order valence-corrected chi connectivity index (χ2v) is 9.45. The zero-order chi connectivity index (χ0) is 22.4. The Morgan fingerprint density at radius 1 is 1.23 bits per heavy atom. The molecule has 1 saturated heterocycles. The first-order valence-corrected chi connectivity index (χ1v) is 10.7. The third-order valence-electron chi connectivity index (χ3n) is 5.85. The summed E-state index contributed by atoms with van der Waals surface area (Å²) >= 11 is 0. The van der Waals surface area contributed by atoms with E-state index in [1.54, 1.807) is 23.3 Å². The molecule has 1 aromatic carbocycles. The molecule has 1 amide bonds. The average Bonchev–Trinajstić information content (AvgIpc) is 3.05. The second kappa shape index (κ2) is 7.64. The lowest BCUT2D eigenvalue weighted by Crippen LogP contribution is -2.51. The number of carbonyl (C=O) groups is 1. The van der Waals surface area contributed by atoms with Crippen LogP contribution in [0.25, 0.3) is 16.9 Å². The van der Waals surface area contributed by atoms with Gasteiger partial charge in [0, 0.05) is 24.9 Å². The topological polar surface area (TPSA) is 80.0 Å². The van der Waals surface area contributed by atoms with Gasteiger partial charge in [0.05, 0.1) is 29.2 Å².